The summed E-state index contributed by atoms with van der Waals surface area (Å²) in [5, 5.41) is 14.2. The maximum Gasteiger partial charge on any atom is 0.169 e. The lowest BCUT2D eigenvalue weighted by Gasteiger charge is -2.32. The van der Waals surface area contributed by atoms with Gasteiger partial charge in [-0.05, 0) is 45.6 Å². The third-order valence-corrected chi connectivity index (χ3v) is 4.51. The van der Waals surface area contributed by atoms with Crippen molar-refractivity contribution in [3.63, 3.8) is 0 Å². The van der Waals surface area contributed by atoms with Crippen LogP contribution in [-0.2, 0) is 0 Å². The Kier molecular flexibility index (Phi) is 5.42. The van der Waals surface area contributed by atoms with Gasteiger partial charge in [-0.1, -0.05) is 19.3 Å². The summed E-state index contributed by atoms with van der Waals surface area (Å²) in [5.74, 6) is 0. The van der Waals surface area contributed by atoms with E-state index in [9.17, 15) is 5.11 Å². The predicted octanol–water partition coefficient (Wildman–Crippen LogP) is 1.19. The minimum atomic E-state index is -0.240. The van der Waals surface area contributed by atoms with E-state index >= 15 is 0 Å². The molecule has 2 fully saturated rings. The third kappa shape index (κ3) is 4.29. The summed E-state index contributed by atoms with van der Waals surface area (Å²) < 4.78 is 0. The van der Waals surface area contributed by atoms with Crippen molar-refractivity contribution in [2.45, 2.75) is 56.7 Å². The van der Waals surface area contributed by atoms with Crippen molar-refractivity contribution < 1.29 is 5.11 Å². The van der Waals surface area contributed by atoms with E-state index in [0.717, 1.165) is 18.1 Å². The molecule has 0 amide bonds. The lowest BCUT2D eigenvalue weighted by Crippen LogP contribution is -2.49. The summed E-state index contributed by atoms with van der Waals surface area (Å²) in [6.07, 6.45) is 7.02. The van der Waals surface area contributed by atoms with E-state index in [0.29, 0.717) is 18.6 Å². The number of aliphatic hydroxyl groups excluding tert-OH is 1. The number of hydrogen-bond acceptors (Lipinski definition) is 3. The van der Waals surface area contributed by atoms with Crippen LogP contribution >= 0.6 is 12.2 Å². The van der Waals surface area contributed by atoms with Crippen molar-refractivity contribution in [2.75, 3.05) is 27.2 Å². The minimum absolute atomic E-state index is 0.240. The van der Waals surface area contributed by atoms with Gasteiger partial charge in [-0.2, -0.15) is 0 Å². The van der Waals surface area contributed by atoms with Crippen LogP contribution in [0.1, 0.15) is 38.5 Å². The smallest absolute Gasteiger partial charge is 0.169 e. The van der Waals surface area contributed by atoms with E-state index in [1.165, 1.54) is 32.1 Å². The van der Waals surface area contributed by atoms with Crippen LogP contribution in [-0.4, -0.2) is 65.4 Å². The summed E-state index contributed by atoms with van der Waals surface area (Å²) in [6.45, 7) is 1.63. The monoisotopic (exact) mass is 285 g/mol. The highest BCUT2D eigenvalue weighted by Crippen LogP contribution is 2.21. The van der Waals surface area contributed by atoms with Crippen molar-refractivity contribution in [2.24, 2.45) is 0 Å². The molecule has 0 aromatic heterocycles. The number of rotatable bonds is 3. The van der Waals surface area contributed by atoms with Gasteiger partial charge in [0.05, 0.1) is 6.10 Å². The third-order valence-electron chi connectivity index (χ3n) is 4.16. The Hall–Kier alpha value is -0.390. The van der Waals surface area contributed by atoms with Crippen LogP contribution in [0.3, 0.4) is 0 Å². The van der Waals surface area contributed by atoms with Gasteiger partial charge in [0.15, 0.2) is 5.11 Å². The number of aliphatic hydroxyl groups is 1. The fourth-order valence-corrected chi connectivity index (χ4v) is 3.63. The van der Waals surface area contributed by atoms with Crippen molar-refractivity contribution in [1.82, 2.24) is 15.1 Å². The van der Waals surface area contributed by atoms with Crippen LogP contribution in [0.5, 0.6) is 0 Å². The Labute approximate surface area is 122 Å². The average molecular weight is 285 g/mol. The van der Waals surface area contributed by atoms with Gasteiger partial charge in [0.25, 0.3) is 0 Å². The fraction of sp³-hybridized carbons (Fsp3) is 0.929. The number of nitrogens with one attached hydrogen (secondary N) is 1. The Balaban J connectivity index is 1.88. The number of likely N-dealkylation sites (N-methyl/N-ethyl adjacent to an activating group) is 1. The molecule has 0 aromatic rings. The highest BCUT2D eigenvalue weighted by molar-refractivity contribution is 7.80. The number of nitrogens with zero attached hydrogens (tertiary/aromatic N) is 2. The molecule has 2 atom stereocenters. The molecule has 110 valence electrons. The maximum atomic E-state index is 9.89. The van der Waals surface area contributed by atoms with E-state index in [1.807, 2.05) is 0 Å². The molecule has 19 heavy (non-hydrogen) atoms. The first-order valence-corrected chi connectivity index (χ1v) is 7.87. The molecule has 1 saturated heterocycles. The maximum absolute atomic E-state index is 9.89. The quantitative estimate of drug-likeness (QED) is 0.762. The van der Waals surface area contributed by atoms with E-state index in [4.69, 9.17) is 12.2 Å². The first-order valence-electron chi connectivity index (χ1n) is 7.46. The van der Waals surface area contributed by atoms with Gasteiger partial charge in [0, 0.05) is 25.2 Å². The second kappa shape index (κ2) is 6.86. The van der Waals surface area contributed by atoms with Crippen LogP contribution in [0.2, 0.25) is 0 Å². The Morgan fingerprint density at radius 2 is 2.00 bits per heavy atom. The van der Waals surface area contributed by atoms with Crippen LogP contribution in [0.25, 0.3) is 0 Å². The SMILES string of the molecule is CN(C)CC1CC(O)CN1C(=S)NC1CCCCC1. The molecule has 0 spiro atoms. The van der Waals surface area contributed by atoms with E-state index in [1.54, 1.807) is 0 Å². The molecule has 0 radical (unpaired) electrons. The molecule has 2 aliphatic rings. The van der Waals surface area contributed by atoms with Gasteiger partial charge in [-0.3, -0.25) is 0 Å². The zero-order chi connectivity index (χ0) is 13.8. The lowest BCUT2D eigenvalue weighted by atomic mass is 9.96. The van der Waals surface area contributed by atoms with Crippen LogP contribution in [0, 0.1) is 0 Å². The molecular formula is C14H27N3OS. The molecule has 4 nitrogen and oxygen atoms in total. The van der Waals surface area contributed by atoms with Gasteiger partial charge in [-0.25, -0.2) is 0 Å². The number of thiocarbonyl (C=S) groups is 1. The fourth-order valence-electron chi connectivity index (χ4n) is 3.24. The van der Waals surface area contributed by atoms with Gasteiger partial charge in [-0.15, -0.1) is 0 Å². The topological polar surface area (TPSA) is 38.7 Å². The molecule has 1 saturated carbocycles. The molecule has 0 aromatic carbocycles. The summed E-state index contributed by atoms with van der Waals surface area (Å²) in [4.78, 5) is 4.35. The number of hydrogen-bond donors (Lipinski definition) is 2. The molecule has 2 N–H and O–H groups in total. The summed E-state index contributed by atoms with van der Waals surface area (Å²) in [6, 6.07) is 0.882. The lowest BCUT2D eigenvalue weighted by molar-refractivity contribution is 0.187. The standard InChI is InChI=1S/C14H27N3OS/c1-16(2)9-12-8-13(18)10-17(12)14(19)15-11-6-4-3-5-7-11/h11-13,18H,3-10H2,1-2H3,(H,15,19). The highest BCUT2D eigenvalue weighted by atomic mass is 32.1. The molecule has 2 rings (SSSR count). The van der Waals surface area contributed by atoms with Crippen molar-refractivity contribution in [3.8, 4) is 0 Å². The van der Waals surface area contributed by atoms with Crippen LogP contribution < -0.4 is 5.32 Å². The van der Waals surface area contributed by atoms with Gasteiger partial charge in [0.2, 0.25) is 0 Å². The zero-order valence-corrected chi connectivity index (χ0v) is 13.0. The van der Waals surface area contributed by atoms with Crippen molar-refractivity contribution in [3.05, 3.63) is 0 Å². The second-order valence-electron chi connectivity index (χ2n) is 6.24. The van der Waals surface area contributed by atoms with Gasteiger partial charge in [0.1, 0.15) is 0 Å². The van der Waals surface area contributed by atoms with Crippen LogP contribution in [0.15, 0.2) is 0 Å². The Bertz CT molecular complexity index is 305. The predicted molar refractivity (Wildman–Crippen MR) is 82.3 cm³/mol. The van der Waals surface area contributed by atoms with Crippen LogP contribution in [0.4, 0.5) is 0 Å². The molecule has 1 aliphatic carbocycles. The normalized spacial score (nSPS) is 28.9. The summed E-state index contributed by atoms with van der Waals surface area (Å²) in [7, 11) is 4.14. The summed E-state index contributed by atoms with van der Waals surface area (Å²) in [5.41, 5.74) is 0. The second-order valence-corrected chi connectivity index (χ2v) is 6.63. The molecular weight excluding hydrogens is 258 g/mol. The number of β-amino-alcohol motifs (C(OH)–C–C–N with tert-alkyl or cyclic N) is 1. The summed E-state index contributed by atoms with van der Waals surface area (Å²) >= 11 is 5.56. The Morgan fingerprint density at radius 3 is 2.63 bits per heavy atom. The van der Waals surface area contributed by atoms with Crippen molar-refractivity contribution >= 4 is 17.3 Å². The van der Waals surface area contributed by atoms with E-state index in [2.05, 4.69) is 29.2 Å². The van der Waals surface area contributed by atoms with E-state index < -0.39 is 0 Å². The largest absolute Gasteiger partial charge is 0.391 e. The van der Waals surface area contributed by atoms with E-state index in [-0.39, 0.29) is 6.10 Å². The first-order chi connectivity index (χ1) is 9.06. The highest BCUT2D eigenvalue weighted by Gasteiger charge is 2.33. The molecule has 2 unspecified atom stereocenters. The Morgan fingerprint density at radius 1 is 1.32 bits per heavy atom. The number of likely N-dealkylation sites (tertiary alicyclic amines) is 1. The molecule has 5 heteroatoms. The van der Waals surface area contributed by atoms with Gasteiger partial charge >= 0.3 is 0 Å². The average Bonchev–Trinajstić information content (AvgIpc) is 2.70. The molecule has 1 heterocycles. The molecule has 0 bridgehead atoms. The molecule has 1 aliphatic heterocycles. The van der Waals surface area contributed by atoms with Gasteiger partial charge < -0.3 is 20.2 Å². The van der Waals surface area contributed by atoms with Crippen molar-refractivity contribution in [1.29, 1.82) is 0 Å². The first kappa shape index (κ1) is 15.0. The zero-order valence-electron chi connectivity index (χ0n) is 12.1. The minimum Gasteiger partial charge on any atom is -0.391 e.